The minimum Gasteiger partial charge on any atom is -0.345 e. The fourth-order valence-electron chi connectivity index (χ4n) is 3.29. The van der Waals surface area contributed by atoms with E-state index in [2.05, 4.69) is 5.32 Å². The van der Waals surface area contributed by atoms with E-state index in [1.165, 1.54) is 16.2 Å². The summed E-state index contributed by atoms with van der Waals surface area (Å²) in [5, 5.41) is 2.94. The summed E-state index contributed by atoms with van der Waals surface area (Å²) in [4.78, 5) is 39.9. The van der Waals surface area contributed by atoms with E-state index in [1.54, 1.807) is 54.6 Å². The van der Waals surface area contributed by atoms with Gasteiger partial charge >= 0.3 is 0 Å². The first-order chi connectivity index (χ1) is 13.9. The topological polar surface area (TPSA) is 66.5 Å². The number of fused-ring (bicyclic) bond motifs is 1. The van der Waals surface area contributed by atoms with Crippen LogP contribution in [0.25, 0.3) is 0 Å². The Balaban J connectivity index is 1.49. The van der Waals surface area contributed by atoms with Gasteiger partial charge in [0, 0.05) is 10.4 Å². The first-order valence-electron chi connectivity index (χ1n) is 9.04. The molecule has 1 N–H and O–H groups in total. The molecule has 0 saturated heterocycles. The average Bonchev–Trinajstić information content (AvgIpc) is 3.26. The monoisotopic (exact) mass is 424 g/mol. The van der Waals surface area contributed by atoms with Gasteiger partial charge in [-0.3, -0.25) is 19.3 Å². The number of thiophene rings is 1. The van der Waals surface area contributed by atoms with Crippen molar-refractivity contribution in [3.8, 4) is 0 Å². The molecule has 1 aliphatic rings. The molecule has 5 nitrogen and oxygen atoms in total. The fourth-order valence-corrected chi connectivity index (χ4v) is 4.35. The zero-order chi connectivity index (χ0) is 20.5. The van der Waals surface area contributed by atoms with Gasteiger partial charge in [0.15, 0.2) is 0 Å². The Morgan fingerprint density at radius 2 is 1.72 bits per heavy atom. The minimum absolute atomic E-state index is 0.115. The Kier molecular flexibility index (Phi) is 5.22. The highest BCUT2D eigenvalue weighted by molar-refractivity contribution is 7.16. The summed E-state index contributed by atoms with van der Waals surface area (Å²) in [7, 11) is 0. The molecule has 1 aliphatic heterocycles. The van der Waals surface area contributed by atoms with E-state index in [4.69, 9.17) is 11.6 Å². The standard InChI is InChI=1S/C22H17ClN2O3S/c1-13(18-9-10-19(23)29-18)24-20(26)15-6-4-5-14(11-15)12-25-21(27)16-7-2-3-8-17(16)22(25)28/h2-11,13H,12H2,1H3,(H,24,26). The van der Waals surface area contributed by atoms with Crippen molar-refractivity contribution >= 4 is 40.7 Å². The molecule has 0 fully saturated rings. The molecule has 0 bridgehead atoms. The number of carbonyl (C=O) groups excluding carboxylic acids is 3. The number of benzene rings is 2. The second-order valence-corrected chi connectivity index (χ2v) is 8.53. The van der Waals surface area contributed by atoms with Gasteiger partial charge in [0.1, 0.15) is 0 Å². The smallest absolute Gasteiger partial charge is 0.261 e. The molecule has 2 aromatic carbocycles. The van der Waals surface area contributed by atoms with Crippen molar-refractivity contribution in [2.75, 3.05) is 0 Å². The van der Waals surface area contributed by atoms with Crippen LogP contribution in [0, 0.1) is 0 Å². The molecule has 29 heavy (non-hydrogen) atoms. The van der Waals surface area contributed by atoms with Crippen molar-refractivity contribution in [1.29, 1.82) is 0 Å². The zero-order valence-electron chi connectivity index (χ0n) is 15.5. The van der Waals surface area contributed by atoms with Crippen LogP contribution in [0.1, 0.15) is 54.5 Å². The summed E-state index contributed by atoms with van der Waals surface area (Å²) in [6.45, 7) is 2.01. The quantitative estimate of drug-likeness (QED) is 0.604. The van der Waals surface area contributed by atoms with Crippen molar-refractivity contribution in [3.05, 3.63) is 92.1 Å². The molecule has 2 heterocycles. The second kappa shape index (κ2) is 7.81. The molecule has 1 atom stereocenters. The summed E-state index contributed by atoms with van der Waals surface area (Å²) in [5.74, 6) is -0.862. The van der Waals surface area contributed by atoms with Crippen molar-refractivity contribution in [3.63, 3.8) is 0 Å². The number of nitrogens with zero attached hydrogens (tertiary/aromatic N) is 1. The molecule has 0 spiro atoms. The van der Waals surface area contributed by atoms with Gasteiger partial charge in [0.05, 0.1) is 28.0 Å². The third-order valence-electron chi connectivity index (χ3n) is 4.78. The van der Waals surface area contributed by atoms with Crippen LogP contribution >= 0.6 is 22.9 Å². The molecule has 3 amide bonds. The van der Waals surface area contributed by atoms with Gasteiger partial charge in [-0.1, -0.05) is 35.9 Å². The summed E-state index contributed by atoms with van der Waals surface area (Å²) < 4.78 is 0.670. The Labute approximate surface area is 176 Å². The van der Waals surface area contributed by atoms with Crippen LogP contribution in [0.5, 0.6) is 0 Å². The van der Waals surface area contributed by atoms with Crippen LogP contribution in [0.2, 0.25) is 4.34 Å². The molecule has 3 aromatic rings. The van der Waals surface area contributed by atoms with Crippen LogP contribution in [0.3, 0.4) is 0 Å². The predicted molar refractivity (Wildman–Crippen MR) is 112 cm³/mol. The van der Waals surface area contributed by atoms with Gasteiger partial charge < -0.3 is 5.32 Å². The Bertz CT molecular complexity index is 1090. The number of rotatable bonds is 5. The van der Waals surface area contributed by atoms with Gasteiger partial charge in [-0.05, 0) is 48.9 Å². The Morgan fingerprint density at radius 1 is 1.03 bits per heavy atom. The van der Waals surface area contributed by atoms with Crippen LogP contribution in [-0.4, -0.2) is 22.6 Å². The van der Waals surface area contributed by atoms with E-state index in [1.807, 2.05) is 13.0 Å². The van der Waals surface area contributed by atoms with Gasteiger partial charge in [0.2, 0.25) is 0 Å². The maximum absolute atomic E-state index is 12.6. The highest BCUT2D eigenvalue weighted by Crippen LogP contribution is 2.27. The van der Waals surface area contributed by atoms with Crippen LogP contribution in [-0.2, 0) is 6.54 Å². The van der Waals surface area contributed by atoms with Crippen molar-refractivity contribution in [2.24, 2.45) is 0 Å². The number of hydrogen-bond donors (Lipinski definition) is 1. The molecular weight excluding hydrogens is 408 g/mol. The van der Waals surface area contributed by atoms with E-state index in [9.17, 15) is 14.4 Å². The molecule has 4 rings (SSSR count). The summed E-state index contributed by atoms with van der Waals surface area (Å²) >= 11 is 7.38. The summed E-state index contributed by atoms with van der Waals surface area (Å²) in [5.41, 5.74) is 2.00. The van der Waals surface area contributed by atoms with Crippen LogP contribution in [0.15, 0.2) is 60.7 Å². The number of amides is 3. The molecule has 146 valence electrons. The zero-order valence-corrected chi connectivity index (χ0v) is 17.1. The number of imide groups is 1. The lowest BCUT2D eigenvalue weighted by molar-refractivity contribution is 0.0642. The highest BCUT2D eigenvalue weighted by atomic mass is 35.5. The van der Waals surface area contributed by atoms with Gasteiger partial charge in [0.25, 0.3) is 17.7 Å². The Hall–Kier alpha value is -2.96. The first kappa shape index (κ1) is 19.4. The molecule has 1 aromatic heterocycles. The molecular formula is C22H17ClN2O3S. The molecule has 7 heteroatoms. The number of hydrogen-bond acceptors (Lipinski definition) is 4. The van der Waals surface area contributed by atoms with Crippen molar-refractivity contribution in [2.45, 2.75) is 19.5 Å². The Morgan fingerprint density at radius 3 is 2.34 bits per heavy atom. The maximum Gasteiger partial charge on any atom is 0.261 e. The average molecular weight is 425 g/mol. The van der Waals surface area contributed by atoms with E-state index < -0.39 is 0 Å². The fraction of sp³-hybridized carbons (Fsp3) is 0.136. The lowest BCUT2D eigenvalue weighted by Crippen LogP contribution is -2.29. The minimum atomic E-state index is -0.316. The summed E-state index contributed by atoms with van der Waals surface area (Å²) in [6, 6.07) is 17.2. The second-order valence-electron chi connectivity index (χ2n) is 6.78. The normalized spacial score (nSPS) is 14.1. The molecule has 0 aliphatic carbocycles. The van der Waals surface area contributed by atoms with Crippen molar-refractivity contribution < 1.29 is 14.4 Å². The maximum atomic E-state index is 12.6. The predicted octanol–water partition coefficient (Wildman–Crippen LogP) is 4.69. The van der Waals surface area contributed by atoms with Gasteiger partial charge in [-0.2, -0.15) is 0 Å². The van der Waals surface area contributed by atoms with Crippen molar-refractivity contribution in [1.82, 2.24) is 10.2 Å². The molecule has 1 unspecified atom stereocenters. The highest BCUT2D eigenvalue weighted by Gasteiger charge is 2.35. The largest absolute Gasteiger partial charge is 0.345 e. The first-order valence-corrected chi connectivity index (χ1v) is 10.2. The molecule has 0 radical (unpaired) electrons. The third-order valence-corrected chi connectivity index (χ3v) is 6.19. The van der Waals surface area contributed by atoms with E-state index in [-0.39, 0.29) is 30.3 Å². The number of halogens is 1. The molecule has 0 saturated carbocycles. The lowest BCUT2D eigenvalue weighted by Gasteiger charge is -2.15. The SMILES string of the molecule is CC(NC(=O)c1cccc(CN2C(=O)c3ccccc3C2=O)c1)c1ccc(Cl)s1. The van der Waals surface area contributed by atoms with E-state index in [0.717, 1.165) is 4.88 Å². The van der Waals surface area contributed by atoms with E-state index >= 15 is 0 Å². The van der Waals surface area contributed by atoms with Gasteiger partial charge in [-0.25, -0.2) is 0 Å². The van der Waals surface area contributed by atoms with E-state index in [0.29, 0.717) is 26.6 Å². The van der Waals surface area contributed by atoms with Gasteiger partial charge in [-0.15, -0.1) is 11.3 Å². The third kappa shape index (κ3) is 3.81. The number of nitrogens with one attached hydrogen (secondary N) is 1. The number of carbonyl (C=O) groups is 3. The summed E-state index contributed by atoms with van der Waals surface area (Å²) in [6.07, 6.45) is 0. The lowest BCUT2D eigenvalue weighted by atomic mass is 10.1. The van der Waals surface area contributed by atoms with Crippen LogP contribution < -0.4 is 5.32 Å². The van der Waals surface area contributed by atoms with Crippen LogP contribution in [0.4, 0.5) is 0 Å².